The highest BCUT2D eigenvalue weighted by atomic mass is 79.9. The molecule has 0 heterocycles. The Morgan fingerprint density at radius 3 is 2.38 bits per heavy atom. The molecular weight excluding hydrogens is 346 g/mol. The van der Waals surface area contributed by atoms with Gasteiger partial charge >= 0.3 is 0 Å². The summed E-state index contributed by atoms with van der Waals surface area (Å²) < 4.78 is 1.15. The van der Waals surface area contributed by atoms with E-state index in [0.717, 1.165) is 22.3 Å². The second kappa shape index (κ2) is 7.98. The molecule has 0 bridgehead atoms. The molecule has 0 fully saturated rings. The molecule has 2 aromatic carbocycles. The number of halogens is 2. The third kappa shape index (κ3) is 4.57. The molecular formula is C18H21BrClN. The van der Waals surface area contributed by atoms with Crippen molar-refractivity contribution in [2.24, 2.45) is 0 Å². The summed E-state index contributed by atoms with van der Waals surface area (Å²) in [7, 11) is 0. The van der Waals surface area contributed by atoms with Gasteiger partial charge in [-0.2, -0.15) is 0 Å². The molecule has 21 heavy (non-hydrogen) atoms. The lowest BCUT2D eigenvalue weighted by Crippen LogP contribution is -2.25. The fourth-order valence-corrected chi connectivity index (χ4v) is 3.30. The highest BCUT2D eigenvalue weighted by molar-refractivity contribution is 9.10. The van der Waals surface area contributed by atoms with Gasteiger partial charge in [-0.15, -0.1) is 0 Å². The monoisotopic (exact) mass is 365 g/mol. The molecule has 1 unspecified atom stereocenters. The van der Waals surface area contributed by atoms with Crippen molar-refractivity contribution >= 4 is 27.5 Å². The quantitative estimate of drug-likeness (QED) is 0.633. The van der Waals surface area contributed by atoms with Crippen LogP contribution in [0.4, 0.5) is 0 Å². The van der Waals surface area contributed by atoms with Crippen LogP contribution in [0.5, 0.6) is 0 Å². The van der Waals surface area contributed by atoms with Crippen LogP contribution in [0.1, 0.15) is 49.9 Å². The smallest absolute Gasteiger partial charge is 0.0406 e. The number of hydrogen-bond acceptors (Lipinski definition) is 1. The molecule has 112 valence electrons. The maximum absolute atomic E-state index is 5.99. The van der Waals surface area contributed by atoms with Crippen LogP contribution in [0.25, 0.3) is 0 Å². The van der Waals surface area contributed by atoms with Gasteiger partial charge in [0, 0.05) is 21.6 Å². The fourth-order valence-electron chi connectivity index (χ4n) is 2.55. The lowest BCUT2D eigenvalue weighted by Gasteiger charge is -2.24. The van der Waals surface area contributed by atoms with Crippen molar-refractivity contribution in [3.8, 4) is 0 Å². The van der Waals surface area contributed by atoms with Crippen molar-refractivity contribution in [3.63, 3.8) is 0 Å². The van der Waals surface area contributed by atoms with E-state index in [-0.39, 0.29) is 6.04 Å². The standard InChI is InChI=1S/C18H21BrClN/c1-3-6-18(14-9-11-15(20)12-10-14)21-13(2)16-7-4-5-8-17(16)19/h4-5,7-13,18,21H,3,6H2,1-2H3/t13-,18?/m0/s1. The predicted octanol–water partition coefficient (Wildman–Crippen LogP) is 6.29. The van der Waals surface area contributed by atoms with E-state index in [2.05, 4.69) is 65.4 Å². The second-order valence-electron chi connectivity index (χ2n) is 5.30. The molecule has 0 radical (unpaired) electrons. The lowest BCUT2D eigenvalue weighted by molar-refractivity contribution is 0.439. The van der Waals surface area contributed by atoms with E-state index < -0.39 is 0 Å². The van der Waals surface area contributed by atoms with Crippen molar-refractivity contribution in [1.82, 2.24) is 5.32 Å². The zero-order chi connectivity index (χ0) is 15.2. The summed E-state index contributed by atoms with van der Waals surface area (Å²) in [5, 5.41) is 4.52. The van der Waals surface area contributed by atoms with Gasteiger partial charge in [0.2, 0.25) is 0 Å². The van der Waals surface area contributed by atoms with E-state index >= 15 is 0 Å². The summed E-state index contributed by atoms with van der Waals surface area (Å²) in [4.78, 5) is 0. The van der Waals surface area contributed by atoms with Crippen molar-refractivity contribution in [3.05, 3.63) is 69.2 Å². The summed E-state index contributed by atoms with van der Waals surface area (Å²) in [6.45, 7) is 4.42. The van der Waals surface area contributed by atoms with Crippen LogP contribution in [0, 0.1) is 0 Å². The predicted molar refractivity (Wildman–Crippen MR) is 94.8 cm³/mol. The summed E-state index contributed by atoms with van der Waals surface area (Å²) in [5.41, 5.74) is 2.58. The Kier molecular flexibility index (Phi) is 6.28. The van der Waals surface area contributed by atoms with Gasteiger partial charge in [0.15, 0.2) is 0 Å². The van der Waals surface area contributed by atoms with Crippen LogP contribution in [-0.2, 0) is 0 Å². The molecule has 3 heteroatoms. The normalized spacial score (nSPS) is 13.9. The molecule has 0 aliphatic heterocycles. The molecule has 1 N–H and O–H groups in total. The number of hydrogen-bond donors (Lipinski definition) is 1. The van der Waals surface area contributed by atoms with Crippen molar-refractivity contribution < 1.29 is 0 Å². The summed E-state index contributed by atoms with van der Waals surface area (Å²) in [6, 6.07) is 17.1. The largest absolute Gasteiger partial charge is 0.303 e. The zero-order valence-corrected chi connectivity index (χ0v) is 14.8. The van der Waals surface area contributed by atoms with Crippen LogP contribution in [0.3, 0.4) is 0 Å². The first-order chi connectivity index (χ1) is 10.1. The SMILES string of the molecule is CCCC(N[C@@H](C)c1ccccc1Br)c1ccc(Cl)cc1. The third-order valence-corrected chi connectivity index (χ3v) is 4.65. The molecule has 0 aliphatic carbocycles. The Bertz CT molecular complexity index is 568. The minimum absolute atomic E-state index is 0.285. The summed E-state index contributed by atoms with van der Waals surface area (Å²) in [6.07, 6.45) is 2.25. The number of nitrogens with one attached hydrogen (secondary N) is 1. The highest BCUT2D eigenvalue weighted by Crippen LogP contribution is 2.28. The van der Waals surface area contributed by atoms with Gasteiger partial charge in [-0.25, -0.2) is 0 Å². The molecule has 2 atom stereocenters. The van der Waals surface area contributed by atoms with Crippen LogP contribution in [0.15, 0.2) is 53.0 Å². The van der Waals surface area contributed by atoms with Gasteiger partial charge in [-0.05, 0) is 42.7 Å². The van der Waals surface area contributed by atoms with E-state index in [1.807, 2.05) is 18.2 Å². The van der Waals surface area contributed by atoms with Gasteiger partial charge in [-0.1, -0.05) is 71.2 Å². The molecule has 0 aliphatic rings. The van der Waals surface area contributed by atoms with E-state index in [1.165, 1.54) is 11.1 Å². The van der Waals surface area contributed by atoms with Crippen LogP contribution in [-0.4, -0.2) is 0 Å². The van der Waals surface area contributed by atoms with Gasteiger partial charge in [0.05, 0.1) is 0 Å². The van der Waals surface area contributed by atoms with E-state index in [4.69, 9.17) is 11.6 Å². The van der Waals surface area contributed by atoms with Gasteiger partial charge in [-0.3, -0.25) is 0 Å². The fraction of sp³-hybridized carbons (Fsp3) is 0.333. The van der Waals surface area contributed by atoms with Gasteiger partial charge in [0.1, 0.15) is 0 Å². The van der Waals surface area contributed by atoms with Crippen molar-refractivity contribution in [1.29, 1.82) is 0 Å². The molecule has 0 aromatic heterocycles. The Hall–Kier alpha value is -0.830. The molecule has 0 amide bonds. The molecule has 0 spiro atoms. The average Bonchev–Trinajstić information content (AvgIpc) is 2.48. The molecule has 2 aromatic rings. The van der Waals surface area contributed by atoms with Crippen molar-refractivity contribution in [2.75, 3.05) is 0 Å². The van der Waals surface area contributed by atoms with E-state index in [0.29, 0.717) is 6.04 Å². The van der Waals surface area contributed by atoms with E-state index in [1.54, 1.807) is 0 Å². The van der Waals surface area contributed by atoms with Crippen molar-refractivity contribution in [2.45, 2.75) is 38.8 Å². The topological polar surface area (TPSA) is 12.0 Å². The Morgan fingerprint density at radius 2 is 1.76 bits per heavy atom. The maximum atomic E-state index is 5.99. The van der Waals surface area contributed by atoms with Crippen LogP contribution >= 0.6 is 27.5 Å². The first kappa shape index (κ1) is 16.5. The first-order valence-electron chi connectivity index (χ1n) is 7.37. The second-order valence-corrected chi connectivity index (χ2v) is 6.59. The summed E-state index contributed by atoms with van der Waals surface area (Å²) in [5.74, 6) is 0. The highest BCUT2D eigenvalue weighted by Gasteiger charge is 2.16. The zero-order valence-electron chi connectivity index (χ0n) is 12.4. The first-order valence-corrected chi connectivity index (χ1v) is 8.55. The third-order valence-electron chi connectivity index (χ3n) is 3.67. The molecule has 2 rings (SSSR count). The average molecular weight is 367 g/mol. The van der Waals surface area contributed by atoms with Gasteiger partial charge < -0.3 is 5.32 Å². The Balaban J connectivity index is 2.16. The van der Waals surface area contributed by atoms with Crippen LogP contribution in [0.2, 0.25) is 5.02 Å². The molecule has 0 saturated carbocycles. The molecule has 1 nitrogen and oxygen atoms in total. The number of rotatable bonds is 6. The van der Waals surface area contributed by atoms with E-state index in [9.17, 15) is 0 Å². The lowest BCUT2D eigenvalue weighted by atomic mass is 9.99. The maximum Gasteiger partial charge on any atom is 0.0406 e. The Labute approximate surface area is 140 Å². The minimum atomic E-state index is 0.285. The molecule has 0 saturated heterocycles. The minimum Gasteiger partial charge on any atom is -0.303 e. The van der Waals surface area contributed by atoms with Gasteiger partial charge in [0.25, 0.3) is 0 Å². The Morgan fingerprint density at radius 1 is 1.10 bits per heavy atom. The summed E-state index contributed by atoms with van der Waals surface area (Å²) >= 11 is 9.62. The number of benzene rings is 2. The van der Waals surface area contributed by atoms with Crippen LogP contribution < -0.4 is 5.32 Å².